The van der Waals surface area contributed by atoms with Gasteiger partial charge in [-0.2, -0.15) is 0 Å². The van der Waals surface area contributed by atoms with Crippen LogP contribution in [0.25, 0.3) is 0 Å². The highest BCUT2D eigenvalue weighted by molar-refractivity contribution is 5.99. The van der Waals surface area contributed by atoms with Crippen LogP contribution in [-0.4, -0.2) is 5.78 Å². The van der Waals surface area contributed by atoms with E-state index in [1.807, 2.05) is 0 Å². The van der Waals surface area contributed by atoms with Crippen LogP contribution in [0.3, 0.4) is 0 Å². The predicted octanol–water partition coefficient (Wildman–Crippen LogP) is 2.55. The summed E-state index contributed by atoms with van der Waals surface area (Å²) < 4.78 is 37.4. The molecule has 76 valence electrons. The minimum Gasteiger partial charge on any atom is -0.398 e. The van der Waals surface area contributed by atoms with E-state index in [4.69, 9.17) is 5.73 Å². The molecule has 0 saturated carbocycles. The van der Waals surface area contributed by atoms with Crippen LogP contribution < -0.4 is 5.73 Å². The van der Waals surface area contributed by atoms with Gasteiger partial charge in [-0.05, 0) is 19.1 Å². The van der Waals surface area contributed by atoms with Crippen molar-refractivity contribution >= 4 is 11.5 Å². The zero-order valence-corrected chi connectivity index (χ0v) is 7.35. The van der Waals surface area contributed by atoms with Gasteiger partial charge in [0.2, 0.25) is 0 Å². The van der Waals surface area contributed by atoms with Crippen LogP contribution in [0.5, 0.6) is 0 Å². The first-order chi connectivity index (χ1) is 6.43. The van der Waals surface area contributed by atoms with Gasteiger partial charge in [-0.15, -0.1) is 0 Å². The Bertz CT molecular complexity index is 377. The Morgan fingerprint density at radius 1 is 1.43 bits per heavy atom. The van der Waals surface area contributed by atoms with E-state index in [2.05, 4.69) is 0 Å². The van der Waals surface area contributed by atoms with Crippen molar-refractivity contribution in [2.45, 2.75) is 13.3 Å². The molecule has 0 atom stereocenters. The molecule has 2 nitrogen and oxygen atoms in total. The Balaban J connectivity index is 3.40. The molecule has 0 heterocycles. The van der Waals surface area contributed by atoms with Crippen molar-refractivity contribution in [2.24, 2.45) is 0 Å². The fourth-order valence-corrected chi connectivity index (χ4v) is 1.11. The fourth-order valence-electron chi connectivity index (χ4n) is 1.11. The van der Waals surface area contributed by atoms with Crippen LogP contribution >= 0.6 is 0 Å². The number of hydrogen-bond donors (Lipinski definition) is 1. The van der Waals surface area contributed by atoms with Crippen molar-refractivity contribution in [1.82, 2.24) is 0 Å². The van der Waals surface area contributed by atoms with Gasteiger partial charge in [0.05, 0.1) is 5.69 Å². The normalized spacial score (nSPS) is 10.6. The molecule has 0 aliphatic carbocycles. The number of rotatable bonds is 2. The van der Waals surface area contributed by atoms with Crippen molar-refractivity contribution in [3.8, 4) is 0 Å². The van der Waals surface area contributed by atoms with Crippen LogP contribution in [0.1, 0.15) is 29.3 Å². The van der Waals surface area contributed by atoms with E-state index in [1.54, 1.807) is 0 Å². The van der Waals surface area contributed by atoms with Gasteiger partial charge in [-0.25, -0.2) is 13.2 Å². The monoisotopic (exact) mass is 203 g/mol. The van der Waals surface area contributed by atoms with E-state index in [0.29, 0.717) is 6.07 Å². The number of Topliss-reactive ketones (excluding diaryl/α,β-unsaturated/α-hetero) is 1. The third-order valence-electron chi connectivity index (χ3n) is 1.79. The second kappa shape index (κ2) is 3.69. The number of anilines is 1. The van der Waals surface area contributed by atoms with Gasteiger partial charge in [0.15, 0.2) is 5.78 Å². The molecule has 0 unspecified atom stereocenters. The van der Waals surface area contributed by atoms with Gasteiger partial charge in [-0.3, -0.25) is 4.79 Å². The summed E-state index contributed by atoms with van der Waals surface area (Å²) in [5.41, 5.74) is 4.08. The van der Waals surface area contributed by atoms with Crippen LogP contribution in [0.15, 0.2) is 12.1 Å². The molecule has 0 fully saturated rings. The fraction of sp³-hybridized carbons (Fsp3) is 0.222. The lowest BCUT2D eigenvalue weighted by Crippen LogP contribution is -2.05. The molecule has 1 aromatic rings. The maximum Gasteiger partial charge on any atom is 0.265 e. The molecule has 1 aromatic carbocycles. The molecular formula is C9H8F3NO. The highest BCUT2D eigenvalue weighted by atomic mass is 19.3. The van der Waals surface area contributed by atoms with E-state index >= 15 is 0 Å². The van der Waals surface area contributed by atoms with Gasteiger partial charge in [0.1, 0.15) is 5.82 Å². The summed E-state index contributed by atoms with van der Waals surface area (Å²) >= 11 is 0. The number of benzene rings is 1. The Labute approximate surface area is 78.5 Å². The van der Waals surface area contributed by atoms with E-state index in [-0.39, 0.29) is 11.3 Å². The first-order valence-electron chi connectivity index (χ1n) is 3.81. The minimum absolute atomic E-state index is 0.208. The second-order valence-corrected chi connectivity index (χ2v) is 2.81. The van der Waals surface area contributed by atoms with E-state index in [0.717, 1.165) is 13.0 Å². The van der Waals surface area contributed by atoms with Crippen molar-refractivity contribution in [3.63, 3.8) is 0 Å². The number of alkyl halides is 2. The predicted molar refractivity (Wildman–Crippen MR) is 45.8 cm³/mol. The molecule has 0 amide bonds. The average Bonchev–Trinajstić information content (AvgIpc) is 2.07. The molecule has 0 spiro atoms. The SMILES string of the molecule is CC(=O)c1cc(F)cc(C(F)F)c1N. The Morgan fingerprint density at radius 2 is 2.00 bits per heavy atom. The van der Waals surface area contributed by atoms with Gasteiger partial charge in [0, 0.05) is 11.1 Å². The Morgan fingerprint density at radius 3 is 2.43 bits per heavy atom. The molecule has 0 bridgehead atoms. The highest BCUT2D eigenvalue weighted by Gasteiger charge is 2.17. The van der Waals surface area contributed by atoms with Crippen molar-refractivity contribution in [1.29, 1.82) is 0 Å². The summed E-state index contributed by atoms with van der Waals surface area (Å²) in [5, 5.41) is 0. The molecule has 0 radical (unpaired) electrons. The number of halogens is 3. The lowest BCUT2D eigenvalue weighted by atomic mass is 10.0. The minimum atomic E-state index is -2.89. The molecule has 0 saturated heterocycles. The lowest BCUT2D eigenvalue weighted by Gasteiger charge is -2.08. The van der Waals surface area contributed by atoms with Crippen LogP contribution in [-0.2, 0) is 0 Å². The summed E-state index contributed by atoms with van der Waals surface area (Å²) in [6.07, 6.45) is -2.89. The molecule has 2 N–H and O–H groups in total. The number of hydrogen-bond acceptors (Lipinski definition) is 2. The maximum atomic E-state index is 12.8. The summed E-state index contributed by atoms with van der Waals surface area (Å²) in [5.74, 6) is -1.43. The van der Waals surface area contributed by atoms with Gasteiger partial charge >= 0.3 is 0 Å². The van der Waals surface area contributed by atoms with Crippen LogP contribution in [0.4, 0.5) is 18.9 Å². The molecule has 0 aromatic heterocycles. The first kappa shape index (κ1) is 10.6. The van der Waals surface area contributed by atoms with Crippen molar-refractivity contribution in [3.05, 3.63) is 29.1 Å². The molecule has 0 aliphatic rings. The lowest BCUT2D eigenvalue weighted by molar-refractivity contribution is 0.101. The van der Waals surface area contributed by atoms with Gasteiger partial charge in [0.25, 0.3) is 6.43 Å². The Hall–Kier alpha value is -1.52. The quantitative estimate of drug-likeness (QED) is 0.592. The molecule has 0 aliphatic heterocycles. The number of carbonyl (C=O) groups excluding carboxylic acids is 1. The van der Waals surface area contributed by atoms with E-state index < -0.39 is 23.6 Å². The van der Waals surface area contributed by atoms with Crippen LogP contribution in [0.2, 0.25) is 0 Å². The Kier molecular flexibility index (Phi) is 2.78. The standard InChI is InChI=1S/C9H8F3NO/c1-4(14)6-2-5(10)3-7(8(6)13)9(11)12/h2-3,9H,13H2,1H3. The highest BCUT2D eigenvalue weighted by Crippen LogP contribution is 2.28. The topological polar surface area (TPSA) is 43.1 Å². The average molecular weight is 203 g/mol. The molecule has 14 heavy (non-hydrogen) atoms. The number of carbonyl (C=O) groups is 1. The number of ketones is 1. The molecule has 5 heteroatoms. The van der Waals surface area contributed by atoms with E-state index in [9.17, 15) is 18.0 Å². The number of nitrogens with two attached hydrogens (primary N) is 1. The summed E-state index contributed by atoms with van der Waals surface area (Å²) in [7, 11) is 0. The number of nitrogen functional groups attached to an aromatic ring is 1. The largest absolute Gasteiger partial charge is 0.398 e. The third kappa shape index (κ3) is 1.86. The summed E-state index contributed by atoms with van der Waals surface area (Å²) in [4.78, 5) is 10.9. The zero-order chi connectivity index (χ0) is 10.9. The van der Waals surface area contributed by atoms with Crippen LogP contribution in [0, 0.1) is 5.82 Å². The summed E-state index contributed by atoms with van der Waals surface area (Å²) in [6.45, 7) is 1.14. The first-order valence-corrected chi connectivity index (χ1v) is 3.81. The molecular weight excluding hydrogens is 195 g/mol. The van der Waals surface area contributed by atoms with Gasteiger partial charge in [-0.1, -0.05) is 0 Å². The molecule has 1 rings (SSSR count). The third-order valence-corrected chi connectivity index (χ3v) is 1.79. The van der Waals surface area contributed by atoms with Crippen molar-refractivity contribution in [2.75, 3.05) is 5.73 Å². The van der Waals surface area contributed by atoms with Crippen molar-refractivity contribution < 1.29 is 18.0 Å². The maximum absolute atomic E-state index is 12.8. The zero-order valence-electron chi connectivity index (χ0n) is 7.35. The summed E-state index contributed by atoms with van der Waals surface area (Å²) in [6, 6.07) is 1.48. The second-order valence-electron chi connectivity index (χ2n) is 2.81. The van der Waals surface area contributed by atoms with Gasteiger partial charge < -0.3 is 5.73 Å². The van der Waals surface area contributed by atoms with E-state index in [1.165, 1.54) is 0 Å². The smallest absolute Gasteiger partial charge is 0.265 e.